The van der Waals surface area contributed by atoms with Gasteiger partial charge in [0.1, 0.15) is 11.2 Å². The molecule has 4 heteroatoms. The summed E-state index contributed by atoms with van der Waals surface area (Å²) in [6.07, 6.45) is 0. The Kier molecular flexibility index (Phi) is 8.79. The molecule has 2 heterocycles. The molecule has 2 aromatic heterocycles. The number of rotatable bonds is 7. The minimum absolute atomic E-state index is 0.587. The lowest BCUT2D eigenvalue weighted by atomic mass is 9.92. The highest BCUT2D eigenvalue weighted by atomic mass is 16.3. The monoisotopic (exact) mass is 803 g/mol. The summed E-state index contributed by atoms with van der Waals surface area (Å²) in [5, 5.41) is 6.83. The molecule has 0 atom stereocenters. The lowest BCUT2D eigenvalue weighted by Crippen LogP contribution is -2.00. The molecule has 0 amide bonds. The second kappa shape index (κ2) is 15.2. The van der Waals surface area contributed by atoms with Crippen molar-refractivity contribution in [3.8, 4) is 78.7 Å². The first-order valence-corrected chi connectivity index (χ1v) is 21.2. The van der Waals surface area contributed by atoms with Crippen molar-refractivity contribution < 1.29 is 4.42 Å². The number of aromatic nitrogens is 3. The van der Waals surface area contributed by atoms with E-state index in [1.807, 2.05) is 30.3 Å². The molecule has 10 aromatic carbocycles. The Morgan fingerprint density at radius 3 is 1.41 bits per heavy atom. The zero-order chi connectivity index (χ0) is 41.7. The Morgan fingerprint density at radius 1 is 0.254 bits per heavy atom. The second-order valence-electron chi connectivity index (χ2n) is 16.0. The van der Waals surface area contributed by atoms with Crippen LogP contribution in [0.15, 0.2) is 229 Å². The Labute approximate surface area is 364 Å². The molecule has 0 saturated carbocycles. The molecule has 0 saturated heterocycles. The summed E-state index contributed by atoms with van der Waals surface area (Å²) in [6, 6.07) is 78.9. The first-order chi connectivity index (χ1) is 31.2. The van der Waals surface area contributed by atoms with Crippen molar-refractivity contribution in [2.75, 3.05) is 0 Å². The molecule has 0 N–H and O–H groups in total. The Bertz CT molecular complexity index is 3670. The van der Waals surface area contributed by atoms with Crippen LogP contribution in [0.3, 0.4) is 0 Å². The molecule has 0 aliphatic rings. The molecule has 0 bridgehead atoms. The molecule has 0 unspecified atom stereocenters. The summed E-state index contributed by atoms with van der Waals surface area (Å²) >= 11 is 0. The van der Waals surface area contributed by atoms with Gasteiger partial charge in [0, 0.05) is 27.5 Å². The zero-order valence-electron chi connectivity index (χ0n) is 34.1. The summed E-state index contributed by atoms with van der Waals surface area (Å²) in [7, 11) is 0. The van der Waals surface area contributed by atoms with E-state index in [1.54, 1.807) is 0 Å². The summed E-state index contributed by atoms with van der Waals surface area (Å²) < 4.78 is 6.32. The topological polar surface area (TPSA) is 51.8 Å². The molecule has 12 rings (SSSR count). The number of hydrogen-bond donors (Lipinski definition) is 0. The van der Waals surface area contributed by atoms with E-state index in [2.05, 4.69) is 194 Å². The molecular weight excluding hydrogens is 767 g/mol. The number of fused-ring (bicyclic) bond motifs is 5. The van der Waals surface area contributed by atoms with Crippen LogP contribution in [0.2, 0.25) is 0 Å². The molecule has 63 heavy (non-hydrogen) atoms. The first kappa shape index (κ1) is 36.4. The van der Waals surface area contributed by atoms with Crippen LogP contribution in [0.1, 0.15) is 0 Å². The molecule has 0 radical (unpaired) electrons. The van der Waals surface area contributed by atoms with Crippen LogP contribution in [0.25, 0.3) is 122 Å². The van der Waals surface area contributed by atoms with E-state index in [4.69, 9.17) is 19.4 Å². The highest BCUT2D eigenvalue weighted by molar-refractivity contribution is 6.12. The number of nitrogens with zero attached hydrogens (tertiary/aromatic N) is 3. The van der Waals surface area contributed by atoms with E-state index in [1.165, 1.54) is 49.4 Å². The fourth-order valence-electron chi connectivity index (χ4n) is 9.01. The maximum Gasteiger partial charge on any atom is 0.164 e. The van der Waals surface area contributed by atoms with E-state index in [-0.39, 0.29) is 0 Å². The highest BCUT2D eigenvalue weighted by Crippen LogP contribution is 2.39. The van der Waals surface area contributed by atoms with Crippen LogP contribution < -0.4 is 0 Å². The number of para-hydroxylation sites is 1. The Hall–Kier alpha value is -8.47. The van der Waals surface area contributed by atoms with Crippen molar-refractivity contribution in [2.24, 2.45) is 0 Å². The number of benzene rings is 10. The van der Waals surface area contributed by atoms with Gasteiger partial charge in [-0.15, -0.1) is 0 Å². The molecule has 294 valence electrons. The molecule has 12 aromatic rings. The van der Waals surface area contributed by atoms with Crippen molar-refractivity contribution >= 4 is 43.5 Å². The lowest BCUT2D eigenvalue weighted by molar-refractivity contribution is 0.669. The van der Waals surface area contributed by atoms with Crippen molar-refractivity contribution in [2.45, 2.75) is 0 Å². The average Bonchev–Trinajstić information content (AvgIpc) is 3.75. The quantitative estimate of drug-likeness (QED) is 0.161. The average molecular weight is 804 g/mol. The van der Waals surface area contributed by atoms with Crippen LogP contribution in [-0.4, -0.2) is 15.0 Å². The van der Waals surface area contributed by atoms with Crippen LogP contribution in [0.5, 0.6) is 0 Å². The maximum atomic E-state index is 6.32. The minimum atomic E-state index is 0.587. The lowest BCUT2D eigenvalue weighted by Gasteiger charge is -2.13. The van der Waals surface area contributed by atoms with Crippen LogP contribution >= 0.6 is 0 Å². The van der Waals surface area contributed by atoms with Gasteiger partial charge in [0.2, 0.25) is 0 Å². The van der Waals surface area contributed by atoms with Crippen molar-refractivity contribution in [3.63, 3.8) is 0 Å². The van der Waals surface area contributed by atoms with Gasteiger partial charge in [-0.3, -0.25) is 0 Å². The summed E-state index contributed by atoms with van der Waals surface area (Å²) in [4.78, 5) is 15.6. The van der Waals surface area contributed by atoms with Crippen LogP contribution in [0.4, 0.5) is 0 Å². The number of furan rings is 1. The predicted molar refractivity (Wildman–Crippen MR) is 260 cm³/mol. The van der Waals surface area contributed by atoms with Gasteiger partial charge < -0.3 is 4.42 Å². The van der Waals surface area contributed by atoms with Crippen molar-refractivity contribution in [1.82, 2.24) is 15.0 Å². The number of hydrogen-bond acceptors (Lipinski definition) is 4. The zero-order valence-corrected chi connectivity index (χ0v) is 34.1. The molecule has 0 spiro atoms. The van der Waals surface area contributed by atoms with Crippen LogP contribution in [0, 0.1) is 0 Å². The Morgan fingerprint density at radius 2 is 0.714 bits per heavy atom. The third-order valence-electron chi connectivity index (χ3n) is 12.1. The first-order valence-electron chi connectivity index (χ1n) is 21.2. The van der Waals surface area contributed by atoms with Gasteiger partial charge >= 0.3 is 0 Å². The third kappa shape index (κ3) is 6.62. The van der Waals surface area contributed by atoms with Crippen molar-refractivity contribution in [1.29, 1.82) is 0 Å². The molecular formula is C59H37N3O. The largest absolute Gasteiger partial charge is 0.456 e. The van der Waals surface area contributed by atoms with Gasteiger partial charge in [-0.1, -0.05) is 194 Å². The third-order valence-corrected chi connectivity index (χ3v) is 12.1. The van der Waals surface area contributed by atoms with Gasteiger partial charge in [-0.2, -0.15) is 0 Å². The molecule has 0 fully saturated rings. The highest BCUT2D eigenvalue weighted by Gasteiger charge is 2.19. The van der Waals surface area contributed by atoms with Gasteiger partial charge in [-0.25, -0.2) is 15.0 Å². The summed E-state index contributed by atoms with van der Waals surface area (Å²) in [5.74, 6) is 1.78. The van der Waals surface area contributed by atoms with Crippen molar-refractivity contribution in [3.05, 3.63) is 224 Å². The standard InChI is InChI=1S/C59H37N3O/c1-3-13-38(14-4-1)43-29-30-46-36-44(31-32-45(46)35-43)42-17-11-18-47(37-42)58-60-57(61-59(62-58)53-22-12-24-55-56(53)52-21-9-10-23-54(52)63-55)41-27-25-40(26-28-41)49-34-33-48(39-15-5-2-6-16-39)50-19-7-8-20-51(49)50/h1-37H. The SMILES string of the molecule is c1ccc(-c2ccc3cc(-c4cccc(-c5nc(-c6ccc(-c7ccc(-c8ccccc8)c8ccccc78)cc6)nc(-c6cccc7oc8ccccc8c67)n5)c4)ccc3c2)cc1. The summed E-state index contributed by atoms with van der Waals surface area (Å²) in [5.41, 5.74) is 13.7. The minimum Gasteiger partial charge on any atom is -0.456 e. The maximum absolute atomic E-state index is 6.32. The van der Waals surface area contributed by atoms with E-state index >= 15 is 0 Å². The van der Waals surface area contributed by atoms with Gasteiger partial charge in [0.25, 0.3) is 0 Å². The molecule has 0 aliphatic heterocycles. The normalized spacial score (nSPS) is 11.5. The second-order valence-corrected chi connectivity index (χ2v) is 16.0. The predicted octanol–water partition coefficient (Wildman–Crippen LogP) is 15.7. The fourth-order valence-corrected chi connectivity index (χ4v) is 9.01. The van der Waals surface area contributed by atoms with Gasteiger partial charge in [-0.05, 0) is 96.4 Å². The Balaban J connectivity index is 0.965. The van der Waals surface area contributed by atoms with E-state index in [0.717, 1.165) is 55.3 Å². The smallest absolute Gasteiger partial charge is 0.164 e. The van der Waals surface area contributed by atoms with E-state index in [0.29, 0.717) is 17.5 Å². The molecule has 4 nitrogen and oxygen atoms in total. The summed E-state index contributed by atoms with van der Waals surface area (Å²) in [6.45, 7) is 0. The fraction of sp³-hybridized carbons (Fsp3) is 0. The van der Waals surface area contributed by atoms with Gasteiger partial charge in [0.15, 0.2) is 17.5 Å². The van der Waals surface area contributed by atoms with Crippen LogP contribution in [-0.2, 0) is 0 Å². The van der Waals surface area contributed by atoms with E-state index < -0.39 is 0 Å². The van der Waals surface area contributed by atoms with E-state index in [9.17, 15) is 0 Å². The van der Waals surface area contributed by atoms with Gasteiger partial charge in [0.05, 0.1) is 0 Å². The molecule has 0 aliphatic carbocycles.